The monoisotopic (exact) mass is 270 g/mol. The van der Waals surface area contributed by atoms with Gasteiger partial charge in [0.05, 0.1) is 11.8 Å². The van der Waals surface area contributed by atoms with Crippen LogP contribution in [-0.4, -0.2) is 29.3 Å². The molecule has 3 unspecified atom stereocenters. The van der Waals surface area contributed by atoms with Crippen molar-refractivity contribution in [2.24, 2.45) is 11.8 Å². The lowest BCUT2D eigenvalue weighted by molar-refractivity contribution is -0.218. The third kappa shape index (κ3) is 5.37. The van der Waals surface area contributed by atoms with Crippen LogP contribution in [0.15, 0.2) is 0 Å². The Labute approximate surface area is 103 Å². The van der Waals surface area contributed by atoms with Crippen molar-refractivity contribution in [1.29, 1.82) is 0 Å². The van der Waals surface area contributed by atoms with Crippen molar-refractivity contribution in [3.8, 4) is 0 Å². The fourth-order valence-electron chi connectivity index (χ4n) is 1.29. The number of rotatable bonds is 6. The van der Waals surface area contributed by atoms with Gasteiger partial charge in [-0.05, 0) is 19.8 Å². The van der Waals surface area contributed by atoms with Gasteiger partial charge >= 0.3 is 18.1 Å². The van der Waals surface area contributed by atoms with E-state index in [2.05, 4.69) is 4.74 Å². The zero-order valence-corrected chi connectivity index (χ0v) is 10.5. The largest absolute Gasteiger partial charge is 0.481 e. The van der Waals surface area contributed by atoms with Gasteiger partial charge in [0.2, 0.25) is 0 Å². The summed E-state index contributed by atoms with van der Waals surface area (Å²) in [7, 11) is 0. The molecule has 0 heterocycles. The average molecular weight is 270 g/mol. The molecule has 0 aromatic rings. The number of hydrogen-bond donors (Lipinski definition) is 1. The lowest BCUT2D eigenvalue weighted by Crippen LogP contribution is -2.34. The Kier molecular flexibility index (Phi) is 6.14. The second-order valence-electron chi connectivity index (χ2n) is 4.20. The highest BCUT2D eigenvalue weighted by molar-refractivity contribution is 5.75. The molecule has 0 bridgehead atoms. The normalized spacial score (nSPS) is 16.8. The number of alkyl halides is 3. The number of carbonyl (C=O) groups excluding carboxylic acids is 1. The quantitative estimate of drug-likeness (QED) is 0.753. The Bertz CT molecular complexity index is 301. The maximum Gasteiger partial charge on any atom is 0.425 e. The van der Waals surface area contributed by atoms with E-state index in [-0.39, 0.29) is 12.8 Å². The van der Waals surface area contributed by atoms with Crippen LogP contribution < -0.4 is 0 Å². The topological polar surface area (TPSA) is 63.6 Å². The van der Waals surface area contributed by atoms with Crippen molar-refractivity contribution >= 4 is 11.9 Å². The average Bonchev–Trinajstić information content (AvgIpc) is 2.23. The van der Waals surface area contributed by atoms with Crippen LogP contribution in [-0.2, 0) is 14.3 Å². The Morgan fingerprint density at radius 3 is 2.11 bits per heavy atom. The number of ether oxygens (including phenoxy) is 1. The first-order valence-electron chi connectivity index (χ1n) is 5.59. The molecule has 7 heteroatoms. The minimum absolute atomic E-state index is 0.0325. The highest BCUT2D eigenvalue weighted by Crippen LogP contribution is 2.25. The lowest BCUT2D eigenvalue weighted by Gasteiger charge is -2.21. The molecule has 0 aliphatic rings. The number of halogens is 3. The number of esters is 1. The molecular weight excluding hydrogens is 253 g/mol. The number of aliphatic carboxylic acids is 1. The molecular formula is C11H17F3O4. The van der Waals surface area contributed by atoms with Crippen LogP contribution in [0.4, 0.5) is 13.2 Å². The van der Waals surface area contributed by atoms with Crippen LogP contribution in [0.3, 0.4) is 0 Å². The summed E-state index contributed by atoms with van der Waals surface area (Å²) in [5.74, 6) is -3.73. The van der Waals surface area contributed by atoms with E-state index in [4.69, 9.17) is 5.11 Å². The number of hydrogen-bond acceptors (Lipinski definition) is 3. The van der Waals surface area contributed by atoms with Crippen molar-refractivity contribution in [3.05, 3.63) is 0 Å². The molecule has 0 fully saturated rings. The standard InChI is InChI=1S/C11H17F3O4/c1-4-8(5-6(2)9(15)16)10(17)18-7(3)11(12,13)14/h6-8H,4-5H2,1-3H3,(H,15,16). The summed E-state index contributed by atoms with van der Waals surface area (Å²) < 4.78 is 40.9. The van der Waals surface area contributed by atoms with E-state index in [0.29, 0.717) is 0 Å². The molecule has 3 atom stereocenters. The first kappa shape index (κ1) is 16.7. The number of carboxylic acid groups (broad SMARTS) is 1. The van der Waals surface area contributed by atoms with Crippen LogP contribution in [0.2, 0.25) is 0 Å². The molecule has 4 nitrogen and oxygen atoms in total. The van der Waals surface area contributed by atoms with Gasteiger partial charge in [-0.1, -0.05) is 13.8 Å². The first-order valence-corrected chi connectivity index (χ1v) is 5.59. The van der Waals surface area contributed by atoms with Gasteiger partial charge < -0.3 is 9.84 Å². The van der Waals surface area contributed by atoms with E-state index < -0.39 is 36.1 Å². The number of carboxylic acids is 1. The van der Waals surface area contributed by atoms with Crippen LogP contribution >= 0.6 is 0 Å². The van der Waals surface area contributed by atoms with Gasteiger partial charge in [-0.25, -0.2) is 0 Å². The summed E-state index contributed by atoms with van der Waals surface area (Å²) in [4.78, 5) is 22.1. The van der Waals surface area contributed by atoms with E-state index in [0.717, 1.165) is 6.92 Å². The van der Waals surface area contributed by atoms with E-state index >= 15 is 0 Å². The molecule has 18 heavy (non-hydrogen) atoms. The Balaban J connectivity index is 4.49. The molecule has 0 radical (unpaired) electrons. The summed E-state index contributed by atoms with van der Waals surface area (Å²) in [5.41, 5.74) is 0. The SMILES string of the molecule is CCC(CC(C)C(=O)O)C(=O)OC(C)C(F)(F)F. The lowest BCUT2D eigenvalue weighted by atomic mass is 9.94. The van der Waals surface area contributed by atoms with Gasteiger partial charge in [0.1, 0.15) is 0 Å². The van der Waals surface area contributed by atoms with Gasteiger partial charge in [-0.15, -0.1) is 0 Å². The van der Waals surface area contributed by atoms with Crippen LogP contribution in [0.25, 0.3) is 0 Å². The molecule has 0 aliphatic carbocycles. The fraction of sp³-hybridized carbons (Fsp3) is 0.818. The molecule has 0 aromatic heterocycles. The Morgan fingerprint density at radius 2 is 1.78 bits per heavy atom. The predicted octanol–water partition coefficient (Wildman–Crippen LogP) is 2.62. The van der Waals surface area contributed by atoms with Crippen LogP contribution in [0, 0.1) is 11.8 Å². The van der Waals surface area contributed by atoms with Gasteiger partial charge in [0.25, 0.3) is 0 Å². The second kappa shape index (κ2) is 6.61. The van der Waals surface area contributed by atoms with Crippen molar-refractivity contribution < 1.29 is 32.6 Å². The van der Waals surface area contributed by atoms with E-state index in [9.17, 15) is 22.8 Å². The van der Waals surface area contributed by atoms with Crippen LogP contribution in [0.1, 0.15) is 33.6 Å². The van der Waals surface area contributed by atoms with Gasteiger partial charge in [0, 0.05) is 0 Å². The predicted molar refractivity (Wildman–Crippen MR) is 56.8 cm³/mol. The molecule has 0 amide bonds. The fourth-order valence-corrected chi connectivity index (χ4v) is 1.29. The van der Waals surface area contributed by atoms with Gasteiger partial charge in [-0.2, -0.15) is 13.2 Å². The molecule has 0 rings (SSSR count). The maximum absolute atomic E-state index is 12.2. The summed E-state index contributed by atoms with van der Waals surface area (Å²) in [6.45, 7) is 3.73. The summed E-state index contributed by atoms with van der Waals surface area (Å²) in [5, 5.41) is 8.69. The molecule has 1 N–H and O–H groups in total. The highest BCUT2D eigenvalue weighted by Gasteiger charge is 2.40. The van der Waals surface area contributed by atoms with E-state index in [1.165, 1.54) is 6.92 Å². The van der Waals surface area contributed by atoms with E-state index in [1.54, 1.807) is 6.92 Å². The third-order valence-corrected chi connectivity index (χ3v) is 2.64. The van der Waals surface area contributed by atoms with E-state index in [1.807, 2.05) is 0 Å². The minimum atomic E-state index is -4.60. The Morgan fingerprint density at radius 1 is 1.28 bits per heavy atom. The molecule has 0 aliphatic heterocycles. The zero-order chi connectivity index (χ0) is 14.5. The first-order chi connectivity index (χ1) is 8.09. The molecule has 0 saturated carbocycles. The maximum atomic E-state index is 12.2. The van der Waals surface area contributed by atoms with Gasteiger partial charge in [-0.3, -0.25) is 9.59 Å². The third-order valence-electron chi connectivity index (χ3n) is 2.64. The summed E-state index contributed by atoms with van der Waals surface area (Å²) in [6, 6.07) is 0. The summed E-state index contributed by atoms with van der Waals surface area (Å²) >= 11 is 0. The molecule has 106 valence electrons. The molecule has 0 spiro atoms. The van der Waals surface area contributed by atoms with Crippen LogP contribution in [0.5, 0.6) is 0 Å². The van der Waals surface area contributed by atoms with Crippen molar-refractivity contribution in [2.45, 2.75) is 45.9 Å². The smallest absolute Gasteiger partial charge is 0.425 e. The van der Waals surface area contributed by atoms with Gasteiger partial charge in [0.15, 0.2) is 6.10 Å². The van der Waals surface area contributed by atoms with Crippen molar-refractivity contribution in [3.63, 3.8) is 0 Å². The zero-order valence-electron chi connectivity index (χ0n) is 10.5. The highest BCUT2D eigenvalue weighted by atomic mass is 19.4. The molecule has 0 saturated heterocycles. The number of carbonyl (C=O) groups is 2. The minimum Gasteiger partial charge on any atom is -0.481 e. The Hall–Kier alpha value is -1.27. The summed E-state index contributed by atoms with van der Waals surface area (Å²) in [6.07, 6.45) is -6.58. The molecule has 0 aromatic carbocycles. The van der Waals surface area contributed by atoms with Crippen molar-refractivity contribution in [2.75, 3.05) is 0 Å². The van der Waals surface area contributed by atoms with Crippen molar-refractivity contribution in [1.82, 2.24) is 0 Å². The second-order valence-corrected chi connectivity index (χ2v) is 4.20.